The largest absolute Gasteiger partial charge is 0.450 e. The number of ether oxygens (including phenoxy) is 1. The molecular formula is C10H20N4O2. The average molecular weight is 228 g/mol. The SMILES string of the molecule is CCOC(=O)NC1(C(=N)N)CCN(C)CC1. The van der Waals surface area contributed by atoms with E-state index in [-0.39, 0.29) is 5.84 Å². The lowest BCUT2D eigenvalue weighted by molar-refractivity contribution is 0.131. The molecule has 1 aliphatic heterocycles. The van der Waals surface area contributed by atoms with E-state index in [1.54, 1.807) is 6.92 Å². The first-order valence-electron chi connectivity index (χ1n) is 5.48. The van der Waals surface area contributed by atoms with Gasteiger partial charge < -0.3 is 20.7 Å². The summed E-state index contributed by atoms with van der Waals surface area (Å²) >= 11 is 0. The van der Waals surface area contributed by atoms with E-state index in [0.717, 1.165) is 13.1 Å². The molecule has 0 aliphatic carbocycles. The summed E-state index contributed by atoms with van der Waals surface area (Å²) in [6, 6.07) is 0. The molecule has 1 amide bonds. The van der Waals surface area contributed by atoms with Crippen LogP contribution in [-0.2, 0) is 4.74 Å². The zero-order valence-corrected chi connectivity index (χ0v) is 9.88. The predicted octanol–water partition coefficient (Wildman–Crippen LogP) is 0.133. The van der Waals surface area contributed by atoms with Crippen LogP contribution in [0.1, 0.15) is 19.8 Å². The van der Waals surface area contributed by atoms with E-state index in [1.807, 2.05) is 7.05 Å². The van der Waals surface area contributed by atoms with E-state index in [0.29, 0.717) is 19.4 Å². The number of nitrogens with two attached hydrogens (primary N) is 1. The van der Waals surface area contributed by atoms with Crippen molar-refractivity contribution in [2.24, 2.45) is 5.73 Å². The van der Waals surface area contributed by atoms with E-state index >= 15 is 0 Å². The number of amidine groups is 1. The summed E-state index contributed by atoms with van der Waals surface area (Å²) in [6.45, 7) is 3.69. The third kappa shape index (κ3) is 2.85. The summed E-state index contributed by atoms with van der Waals surface area (Å²) in [5, 5.41) is 10.3. The highest BCUT2D eigenvalue weighted by molar-refractivity contribution is 5.90. The maximum Gasteiger partial charge on any atom is 0.407 e. The first kappa shape index (κ1) is 12.8. The highest BCUT2D eigenvalue weighted by atomic mass is 16.5. The number of carbonyl (C=O) groups excluding carboxylic acids is 1. The third-order valence-electron chi connectivity index (χ3n) is 2.97. The van der Waals surface area contributed by atoms with Crippen LogP contribution < -0.4 is 11.1 Å². The Hall–Kier alpha value is -1.30. The Morgan fingerprint density at radius 1 is 1.56 bits per heavy atom. The van der Waals surface area contributed by atoms with Crippen molar-refractivity contribution in [2.45, 2.75) is 25.3 Å². The Balaban J connectivity index is 2.66. The Morgan fingerprint density at radius 3 is 2.56 bits per heavy atom. The number of rotatable bonds is 3. The highest BCUT2D eigenvalue weighted by Gasteiger charge is 2.38. The monoisotopic (exact) mass is 228 g/mol. The molecule has 1 aliphatic rings. The molecule has 0 unspecified atom stereocenters. The van der Waals surface area contributed by atoms with Crippen LogP contribution in [0, 0.1) is 5.41 Å². The molecule has 0 spiro atoms. The number of nitrogens with zero attached hydrogens (tertiary/aromatic N) is 1. The maximum absolute atomic E-state index is 11.4. The summed E-state index contributed by atoms with van der Waals surface area (Å²) in [6.07, 6.45) is 0.803. The molecule has 1 saturated heterocycles. The van der Waals surface area contributed by atoms with Crippen molar-refractivity contribution in [2.75, 3.05) is 26.7 Å². The molecule has 4 N–H and O–H groups in total. The molecule has 6 nitrogen and oxygen atoms in total. The van der Waals surface area contributed by atoms with E-state index < -0.39 is 11.6 Å². The van der Waals surface area contributed by atoms with E-state index in [4.69, 9.17) is 15.9 Å². The second-order valence-electron chi connectivity index (χ2n) is 4.14. The van der Waals surface area contributed by atoms with Crippen LogP contribution in [0.4, 0.5) is 4.79 Å². The van der Waals surface area contributed by atoms with Gasteiger partial charge in [-0.05, 0) is 26.8 Å². The number of hydrogen-bond donors (Lipinski definition) is 3. The van der Waals surface area contributed by atoms with Gasteiger partial charge in [-0.3, -0.25) is 5.41 Å². The zero-order valence-electron chi connectivity index (χ0n) is 9.88. The Bertz CT molecular complexity index is 272. The van der Waals surface area contributed by atoms with Crippen molar-refractivity contribution in [1.82, 2.24) is 10.2 Å². The lowest BCUT2D eigenvalue weighted by atomic mass is 9.86. The molecule has 0 saturated carbocycles. The number of nitrogens with one attached hydrogen (secondary N) is 2. The molecule has 92 valence electrons. The molecule has 0 radical (unpaired) electrons. The van der Waals surface area contributed by atoms with Gasteiger partial charge in [0.2, 0.25) is 0 Å². The van der Waals surface area contributed by atoms with Gasteiger partial charge in [0.25, 0.3) is 0 Å². The van der Waals surface area contributed by atoms with E-state index in [9.17, 15) is 4.79 Å². The standard InChI is InChI=1S/C10H20N4O2/c1-3-16-9(15)13-10(8(11)12)4-6-14(2)7-5-10/h3-7H2,1-2H3,(H3,11,12)(H,13,15). The van der Waals surface area contributed by atoms with Crippen LogP contribution in [0.2, 0.25) is 0 Å². The van der Waals surface area contributed by atoms with Gasteiger partial charge >= 0.3 is 6.09 Å². The van der Waals surface area contributed by atoms with Crippen LogP contribution in [0.25, 0.3) is 0 Å². The van der Waals surface area contributed by atoms with Crippen molar-refractivity contribution in [3.05, 3.63) is 0 Å². The average Bonchev–Trinajstić information content (AvgIpc) is 2.22. The highest BCUT2D eigenvalue weighted by Crippen LogP contribution is 2.21. The van der Waals surface area contributed by atoms with Gasteiger partial charge in [0.15, 0.2) is 0 Å². The number of hydrogen-bond acceptors (Lipinski definition) is 4. The lowest BCUT2D eigenvalue weighted by Crippen LogP contribution is -2.61. The van der Waals surface area contributed by atoms with E-state index in [2.05, 4.69) is 10.2 Å². The third-order valence-corrected chi connectivity index (χ3v) is 2.97. The minimum absolute atomic E-state index is 0.00801. The maximum atomic E-state index is 11.4. The molecule has 1 rings (SSSR count). The first-order valence-corrected chi connectivity index (χ1v) is 5.48. The van der Waals surface area contributed by atoms with Gasteiger partial charge in [-0.1, -0.05) is 0 Å². The van der Waals surface area contributed by atoms with Crippen molar-refractivity contribution in [1.29, 1.82) is 5.41 Å². The molecule has 0 aromatic heterocycles. The molecule has 1 heterocycles. The number of likely N-dealkylation sites (tertiary alicyclic amines) is 1. The summed E-state index contributed by atoms with van der Waals surface area (Å²) in [4.78, 5) is 13.6. The second-order valence-corrected chi connectivity index (χ2v) is 4.14. The van der Waals surface area contributed by atoms with Crippen LogP contribution in [0.5, 0.6) is 0 Å². The van der Waals surface area contributed by atoms with Crippen molar-refractivity contribution in [3.8, 4) is 0 Å². The number of carbonyl (C=O) groups is 1. The molecule has 0 atom stereocenters. The topological polar surface area (TPSA) is 91.4 Å². The van der Waals surface area contributed by atoms with Gasteiger partial charge in [-0.25, -0.2) is 4.79 Å². The van der Waals surface area contributed by atoms with Gasteiger partial charge in [-0.15, -0.1) is 0 Å². The molecular weight excluding hydrogens is 208 g/mol. The Kier molecular flexibility index (Phi) is 4.12. The minimum atomic E-state index is -0.723. The fraction of sp³-hybridized carbons (Fsp3) is 0.800. The summed E-state index contributed by atoms with van der Waals surface area (Å²) in [7, 11) is 2.01. The first-order chi connectivity index (χ1) is 7.50. The summed E-state index contributed by atoms with van der Waals surface area (Å²) in [5.41, 5.74) is 4.86. The molecule has 1 fully saturated rings. The van der Waals surface area contributed by atoms with Gasteiger partial charge in [0.05, 0.1) is 6.61 Å². The summed E-state index contributed by atoms with van der Waals surface area (Å²) < 4.78 is 4.83. The Morgan fingerprint density at radius 2 is 2.12 bits per heavy atom. The van der Waals surface area contributed by atoms with Gasteiger partial charge in [-0.2, -0.15) is 0 Å². The van der Waals surface area contributed by atoms with Crippen LogP contribution in [0.3, 0.4) is 0 Å². The normalized spacial score (nSPS) is 20.1. The fourth-order valence-corrected chi connectivity index (χ4v) is 1.82. The van der Waals surface area contributed by atoms with E-state index in [1.165, 1.54) is 0 Å². The Labute approximate surface area is 95.6 Å². The van der Waals surface area contributed by atoms with Gasteiger partial charge in [0.1, 0.15) is 11.4 Å². The summed E-state index contributed by atoms with van der Waals surface area (Å²) in [5.74, 6) is 0.00801. The minimum Gasteiger partial charge on any atom is -0.450 e. The number of piperidine rings is 1. The van der Waals surface area contributed by atoms with Gasteiger partial charge in [0, 0.05) is 13.1 Å². The van der Waals surface area contributed by atoms with Crippen LogP contribution in [-0.4, -0.2) is 49.1 Å². The zero-order chi connectivity index (χ0) is 12.2. The molecule has 0 bridgehead atoms. The van der Waals surface area contributed by atoms with Crippen molar-refractivity contribution < 1.29 is 9.53 Å². The van der Waals surface area contributed by atoms with Crippen molar-refractivity contribution >= 4 is 11.9 Å². The molecule has 16 heavy (non-hydrogen) atoms. The van der Waals surface area contributed by atoms with Crippen LogP contribution >= 0.6 is 0 Å². The molecule has 0 aromatic carbocycles. The lowest BCUT2D eigenvalue weighted by Gasteiger charge is -2.39. The predicted molar refractivity (Wildman–Crippen MR) is 61.5 cm³/mol. The number of amides is 1. The van der Waals surface area contributed by atoms with Crippen LogP contribution in [0.15, 0.2) is 0 Å². The smallest absolute Gasteiger partial charge is 0.407 e. The van der Waals surface area contributed by atoms with Crippen molar-refractivity contribution in [3.63, 3.8) is 0 Å². The molecule has 0 aromatic rings. The quantitative estimate of drug-likeness (QED) is 0.473. The number of alkyl carbamates (subject to hydrolysis) is 1. The molecule has 6 heteroatoms. The fourth-order valence-electron chi connectivity index (χ4n) is 1.82. The second kappa shape index (κ2) is 5.16.